The zero-order valence-corrected chi connectivity index (χ0v) is 14.7. The number of aryl methyl sites for hydroxylation is 1. The number of ether oxygens (including phenoxy) is 1. The van der Waals surface area contributed by atoms with Gasteiger partial charge >= 0.3 is 5.97 Å². The van der Waals surface area contributed by atoms with Crippen LogP contribution in [0.2, 0.25) is 0 Å². The first-order valence-electron chi connectivity index (χ1n) is 8.11. The van der Waals surface area contributed by atoms with E-state index in [-0.39, 0.29) is 18.5 Å². The number of rotatable bonds is 5. The number of carbonyl (C=O) groups is 1. The van der Waals surface area contributed by atoms with Gasteiger partial charge in [0, 0.05) is 11.6 Å². The molecule has 0 saturated carbocycles. The number of esters is 1. The summed E-state index contributed by atoms with van der Waals surface area (Å²) in [6.07, 6.45) is -0.269. The molecule has 0 fully saturated rings. The summed E-state index contributed by atoms with van der Waals surface area (Å²) in [5, 5.41) is 8.06. The second-order valence-electron chi connectivity index (χ2n) is 6.04. The van der Waals surface area contributed by atoms with Crippen molar-refractivity contribution in [1.82, 2.24) is 19.9 Å². The quantitative estimate of drug-likeness (QED) is 0.648. The van der Waals surface area contributed by atoms with Gasteiger partial charge in [-0.1, -0.05) is 35.0 Å². The molecule has 26 heavy (non-hydrogen) atoms. The molecular formula is C18H18N4O4. The first-order chi connectivity index (χ1) is 12.4. The van der Waals surface area contributed by atoms with Gasteiger partial charge in [-0.25, -0.2) is 4.68 Å². The maximum absolute atomic E-state index is 11.9. The van der Waals surface area contributed by atoms with E-state index in [1.54, 1.807) is 13.8 Å². The van der Waals surface area contributed by atoms with E-state index in [9.17, 15) is 9.59 Å². The zero-order valence-electron chi connectivity index (χ0n) is 14.7. The van der Waals surface area contributed by atoms with Crippen LogP contribution in [0.25, 0.3) is 23.0 Å². The number of hydrogen-bond donors (Lipinski definition) is 0. The van der Waals surface area contributed by atoms with Crippen molar-refractivity contribution in [2.45, 2.75) is 33.4 Å². The normalized spacial score (nSPS) is 10.9. The number of aromatic nitrogens is 4. The van der Waals surface area contributed by atoms with Crippen LogP contribution in [0.5, 0.6) is 0 Å². The fourth-order valence-electron chi connectivity index (χ4n) is 2.25. The largest absolute Gasteiger partial charge is 0.462 e. The van der Waals surface area contributed by atoms with Crippen LogP contribution in [0.3, 0.4) is 0 Å². The van der Waals surface area contributed by atoms with E-state index in [0.717, 1.165) is 15.8 Å². The summed E-state index contributed by atoms with van der Waals surface area (Å²) in [5.74, 6) is 0.0305. The standard InChI is InChI=1S/C18H18N4O4/c1-11(2)25-16(24)10-22-15(23)9-8-14(20-22)18-19-17(21-26-18)13-6-4-12(3)5-7-13/h4-9,11H,10H2,1-3H3. The van der Waals surface area contributed by atoms with Gasteiger partial charge in [-0.05, 0) is 26.8 Å². The highest BCUT2D eigenvalue weighted by molar-refractivity contribution is 5.69. The van der Waals surface area contributed by atoms with Gasteiger partial charge in [-0.2, -0.15) is 10.1 Å². The summed E-state index contributed by atoms with van der Waals surface area (Å²) in [4.78, 5) is 28.0. The average Bonchev–Trinajstić information content (AvgIpc) is 3.07. The van der Waals surface area contributed by atoms with Crippen molar-refractivity contribution in [3.8, 4) is 23.0 Å². The molecule has 8 heteroatoms. The number of hydrogen-bond acceptors (Lipinski definition) is 7. The second kappa shape index (κ2) is 7.30. The Labute approximate surface area is 149 Å². The molecule has 0 aliphatic heterocycles. The molecular weight excluding hydrogens is 336 g/mol. The van der Waals surface area contributed by atoms with Crippen molar-refractivity contribution in [3.63, 3.8) is 0 Å². The zero-order chi connectivity index (χ0) is 18.7. The lowest BCUT2D eigenvalue weighted by molar-refractivity contribution is -0.148. The number of nitrogens with zero attached hydrogens (tertiary/aromatic N) is 4. The summed E-state index contributed by atoms with van der Waals surface area (Å²) in [6, 6.07) is 10.4. The fraction of sp³-hybridized carbons (Fsp3) is 0.278. The van der Waals surface area contributed by atoms with Gasteiger partial charge in [-0.3, -0.25) is 9.59 Å². The molecule has 0 N–H and O–H groups in total. The molecule has 3 rings (SSSR count). The first kappa shape index (κ1) is 17.5. The molecule has 0 spiro atoms. The van der Waals surface area contributed by atoms with Gasteiger partial charge in [0.2, 0.25) is 5.82 Å². The van der Waals surface area contributed by atoms with Crippen LogP contribution in [0, 0.1) is 6.92 Å². The Kier molecular flexibility index (Phi) is 4.92. The van der Waals surface area contributed by atoms with Gasteiger partial charge in [0.1, 0.15) is 12.2 Å². The molecule has 2 heterocycles. The van der Waals surface area contributed by atoms with Crippen LogP contribution in [-0.4, -0.2) is 32.0 Å². The van der Waals surface area contributed by atoms with E-state index < -0.39 is 11.5 Å². The lowest BCUT2D eigenvalue weighted by Gasteiger charge is -2.08. The highest BCUT2D eigenvalue weighted by Gasteiger charge is 2.15. The van der Waals surface area contributed by atoms with Gasteiger partial charge in [0.05, 0.1) is 6.10 Å². The molecule has 0 unspecified atom stereocenters. The number of carbonyl (C=O) groups excluding carboxylic acids is 1. The highest BCUT2D eigenvalue weighted by atomic mass is 16.5. The van der Waals surface area contributed by atoms with E-state index in [2.05, 4.69) is 15.2 Å². The van der Waals surface area contributed by atoms with E-state index in [1.807, 2.05) is 31.2 Å². The van der Waals surface area contributed by atoms with Crippen molar-refractivity contribution < 1.29 is 14.1 Å². The van der Waals surface area contributed by atoms with Crippen molar-refractivity contribution in [3.05, 3.63) is 52.3 Å². The van der Waals surface area contributed by atoms with E-state index in [1.165, 1.54) is 12.1 Å². The predicted octanol–water partition coefficient (Wildman–Crippen LogP) is 2.22. The third kappa shape index (κ3) is 4.02. The molecule has 0 radical (unpaired) electrons. The van der Waals surface area contributed by atoms with Crippen molar-refractivity contribution >= 4 is 5.97 Å². The third-order valence-electron chi connectivity index (χ3n) is 3.47. The van der Waals surface area contributed by atoms with E-state index in [0.29, 0.717) is 11.5 Å². The summed E-state index contributed by atoms with van der Waals surface area (Å²) in [7, 11) is 0. The Balaban J connectivity index is 1.86. The Morgan fingerprint density at radius 2 is 1.92 bits per heavy atom. The van der Waals surface area contributed by atoms with Crippen molar-refractivity contribution in [1.29, 1.82) is 0 Å². The van der Waals surface area contributed by atoms with Crippen LogP contribution >= 0.6 is 0 Å². The lowest BCUT2D eigenvalue weighted by Crippen LogP contribution is -2.28. The van der Waals surface area contributed by atoms with Gasteiger partial charge < -0.3 is 9.26 Å². The summed E-state index contributed by atoms with van der Waals surface area (Å²) in [6.45, 7) is 5.16. The predicted molar refractivity (Wildman–Crippen MR) is 93.2 cm³/mol. The molecule has 8 nitrogen and oxygen atoms in total. The summed E-state index contributed by atoms with van der Waals surface area (Å²) >= 11 is 0. The van der Waals surface area contributed by atoms with Gasteiger partial charge in [0.25, 0.3) is 11.4 Å². The van der Waals surface area contributed by atoms with Gasteiger partial charge in [0.15, 0.2) is 0 Å². The molecule has 0 aliphatic rings. The monoisotopic (exact) mass is 354 g/mol. The second-order valence-corrected chi connectivity index (χ2v) is 6.04. The topological polar surface area (TPSA) is 100 Å². The fourth-order valence-corrected chi connectivity index (χ4v) is 2.25. The van der Waals surface area contributed by atoms with Crippen LogP contribution in [0.1, 0.15) is 19.4 Å². The SMILES string of the molecule is Cc1ccc(-c2noc(-c3ccc(=O)n(CC(=O)OC(C)C)n3)n2)cc1. The minimum atomic E-state index is -0.544. The molecule has 1 aromatic carbocycles. The average molecular weight is 354 g/mol. The lowest BCUT2D eigenvalue weighted by atomic mass is 10.1. The smallest absolute Gasteiger partial charge is 0.328 e. The molecule has 2 aromatic heterocycles. The molecule has 0 amide bonds. The molecule has 3 aromatic rings. The number of benzene rings is 1. The van der Waals surface area contributed by atoms with Crippen LogP contribution in [-0.2, 0) is 16.1 Å². The minimum absolute atomic E-state index is 0.159. The Morgan fingerprint density at radius 1 is 1.19 bits per heavy atom. The van der Waals surface area contributed by atoms with Crippen LogP contribution < -0.4 is 5.56 Å². The Bertz CT molecular complexity index is 973. The maximum atomic E-state index is 11.9. The molecule has 134 valence electrons. The van der Waals surface area contributed by atoms with Crippen LogP contribution in [0.15, 0.2) is 45.7 Å². The Morgan fingerprint density at radius 3 is 2.62 bits per heavy atom. The molecule has 0 bridgehead atoms. The molecule has 0 atom stereocenters. The molecule has 0 aliphatic carbocycles. The highest BCUT2D eigenvalue weighted by Crippen LogP contribution is 2.20. The maximum Gasteiger partial charge on any atom is 0.328 e. The Hall–Kier alpha value is -3.29. The van der Waals surface area contributed by atoms with E-state index >= 15 is 0 Å². The summed E-state index contributed by atoms with van der Waals surface area (Å²) < 4.78 is 11.3. The summed E-state index contributed by atoms with van der Waals surface area (Å²) in [5.41, 5.74) is 1.81. The minimum Gasteiger partial charge on any atom is -0.462 e. The van der Waals surface area contributed by atoms with Crippen LogP contribution in [0.4, 0.5) is 0 Å². The third-order valence-corrected chi connectivity index (χ3v) is 3.47. The van der Waals surface area contributed by atoms with E-state index in [4.69, 9.17) is 9.26 Å². The molecule has 0 saturated heterocycles. The van der Waals surface area contributed by atoms with Crippen molar-refractivity contribution in [2.75, 3.05) is 0 Å². The first-order valence-corrected chi connectivity index (χ1v) is 8.11. The van der Waals surface area contributed by atoms with Crippen molar-refractivity contribution in [2.24, 2.45) is 0 Å². The van der Waals surface area contributed by atoms with Gasteiger partial charge in [-0.15, -0.1) is 0 Å².